The van der Waals surface area contributed by atoms with Gasteiger partial charge in [-0.25, -0.2) is 9.97 Å². The van der Waals surface area contributed by atoms with E-state index in [4.69, 9.17) is 9.47 Å². The Balaban J connectivity index is 1.42. The van der Waals surface area contributed by atoms with Gasteiger partial charge in [0.15, 0.2) is 6.61 Å². The molecule has 8 heteroatoms. The Morgan fingerprint density at radius 3 is 3.03 bits per heavy atom. The zero-order valence-corrected chi connectivity index (χ0v) is 17.9. The number of hydrogen-bond acceptors (Lipinski definition) is 7. The molecule has 3 aromatic heterocycles. The average molecular weight is 428 g/mol. The number of benzene rings is 1. The summed E-state index contributed by atoms with van der Waals surface area (Å²) in [5.41, 5.74) is 1.85. The average Bonchev–Trinajstić information content (AvgIpc) is 3.35. The fourth-order valence-corrected chi connectivity index (χ4v) is 4.81. The molecule has 0 atom stereocenters. The quantitative estimate of drug-likeness (QED) is 0.441. The van der Waals surface area contributed by atoms with Crippen molar-refractivity contribution in [3.8, 4) is 11.6 Å². The molecule has 0 unspecified atom stereocenters. The van der Waals surface area contributed by atoms with Crippen molar-refractivity contribution in [1.82, 2.24) is 15.3 Å². The number of fused-ring (bicyclic) bond motifs is 3. The smallest absolute Gasteiger partial charge is 0.258 e. The third kappa shape index (κ3) is 4.33. The Bertz CT molecular complexity index is 1150. The number of aromatic nitrogens is 2. The van der Waals surface area contributed by atoms with Gasteiger partial charge in [0.1, 0.15) is 5.75 Å². The summed E-state index contributed by atoms with van der Waals surface area (Å²) >= 11 is 3.27. The summed E-state index contributed by atoms with van der Waals surface area (Å²) in [6.45, 7) is 4.92. The standard InChI is InChI=1S/C21H21N3O3S2/c1-3-8-26-21-14(5-4-7-22-21)11-23-18(25)12-27-16-10-17-19(24-13(2)29-17)20-15(16)6-9-28-20/h4-7,9-10H,3,8,11-12H2,1-2H3,(H,23,25). The molecule has 0 radical (unpaired) electrons. The van der Waals surface area contributed by atoms with E-state index in [9.17, 15) is 4.79 Å². The van der Waals surface area contributed by atoms with E-state index in [0.29, 0.717) is 24.8 Å². The summed E-state index contributed by atoms with van der Waals surface area (Å²) in [6.07, 6.45) is 2.58. The molecule has 1 amide bonds. The first kappa shape index (κ1) is 19.6. The lowest BCUT2D eigenvalue weighted by molar-refractivity contribution is -0.123. The minimum atomic E-state index is -0.195. The monoisotopic (exact) mass is 427 g/mol. The Morgan fingerprint density at radius 2 is 2.17 bits per heavy atom. The molecule has 0 fully saturated rings. The molecule has 29 heavy (non-hydrogen) atoms. The molecule has 0 saturated heterocycles. The molecule has 3 heterocycles. The van der Waals surface area contributed by atoms with E-state index in [1.807, 2.05) is 43.5 Å². The highest BCUT2D eigenvalue weighted by atomic mass is 32.1. The molecule has 1 N–H and O–H groups in total. The van der Waals surface area contributed by atoms with E-state index in [-0.39, 0.29) is 12.5 Å². The van der Waals surface area contributed by atoms with Gasteiger partial charge in [-0.05, 0) is 30.9 Å². The summed E-state index contributed by atoms with van der Waals surface area (Å²) in [6, 6.07) is 7.71. The van der Waals surface area contributed by atoms with Gasteiger partial charge in [-0.1, -0.05) is 13.0 Å². The van der Waals surface area contributed by atoms with Gasteiger partial charge in [-0.3, -0.25) is 4.79 Å². The molecule has 0 aliphatic carbocycles. The van der Waals surface area contributed by atoms with Crippen molar-refractivity contribution in [3.05, 3.63) is 46.4 Å². The molecule has 0 bridgehead atoms. The van der Waals surface area contributed by atoms with Gasteiger partial charge in [0, 0.05) is 29.8 Å². The normalized spacial score (nSPS) is 11.1. The van der Waals surface area contributed by atoms with Crippen LogP contribution in [0, 0.1) is 6.92 Å². The molecule has 6 nitrogen and oxygen atoms in total. The highest BCUT2D eigenvalue weighted by Crippen LogP contribution is 2.38. The lowest BCUT2D eigenvalue weighted by Gasteiger charge is -2.11. The van der Waals surface area contributed by atoms with Gasteiger partial charge in [0.25, 0.3) is 5.91 Å². The Kier molecular flexibility index (Phi) is 5.92. The minimum absolute atomic E-state index is 0.0559. The maximum atomic E-state index is 12.4. The number of pyridine rings is 1. The number of rotatable bonds is 8. The maximum absolute atomic E-state index is 12.4. The van der Waals surface area contributed by atoms with E-state index in [0.717, 1.165) is 37.3 Å². The van der Waals surface area contributed by atoms with Crippen molar-refractivity contribution < 1.29 is 14.3 Å². The summed E-state index contributed by atoms with van der Waals surface area (Å²) in [5, 5.41) is 6.90. The van der Waals surface area contributed by atoms with E-state index in [2.05, 4.69) is 15.3 Å². The number of carbonyl (C=O) groups excluding carboxylic acids is 1. The van der Waals surface area contributed by atoms with Crippen LogP contribution in [0.4, 0.5) is 0 Å². The zero-order chi connectivity index (χ0) is 20.2. The van der Waals surface area contributed by atoms with Gasteiger partial charge < -0.3 is 14.8 Å². The summed E-state index contributed by atoms with van der Waals surface area (Å²) < 4.78 is 13.7. The van der Waals surface area contributed by atoms with Gasteiger partial charge in [-0.2, -0.15) is 0 Å². The van der Waals surface area contributed by atoms with Gasteiger partial charge in [0.05, 0.1) is 26.5 Å². The number of ether oxygens (including phenoxy) is 2. The van der Waals surface area contributed by atoms with E-state index >= 15 is 0 Å². The Hall–Kier alpha value is -2.71. The molecule has 0 aliphatic heterocycles. The van der Waals surface area contributed by atoms with Crippen molar-refractivity contribution >= 4 is 48.9 Å². The lowest BCUT2D eigenvalue weighted by atomic mass is 10.2. The van der Waals surface area contributed by atoms with E-state index in [1.165, 1.54) is 0 Å². The van der Waals surface area contributed by atoms with Crippen LogP contribution < -0.4 is 14.8 Å². The SMILES string of the molecule is CCCOc1ncccc1CNC(=O)COc1cc2sc(C)nc2c2sccc12. The first-order chi connectivity index (χ1) is 14.2. The first-order valence-corrected chi connectivity index (χ1v) is 11.1. The Labute approximate surface area is 176 Å². The number of aryl methyl sites for hydroxylation is 1. The van der Waals surface area contributed by atoms with Crippen LogP contribution in [-0.2, 0) is 11.3 Å². The number of carbonyl (C=O) groups is 1. The minimum Gasteiger partial charge on any atom is -0.483 e. The number of thiazole rings is 1. The van der Waals surface area contributed by atoms with Crippen LogP contribution in [0.15, 0.2) is 35.8 Å². The Morgan fingerprint density at radius 1 is 1.28 bits per heavy atom. The fourth-order valence-electron chi connectivity index (χ4n) is 2.98. The molecule has 0 aliphatic rings. The summed E-state index contributed by atoms with van der Waals surface area (Å²) in [4.78, 5) is 21.2. The maximum Gasteiger partial charge on any atom is 0.258 e. The number of hydrogen-bond donors (Lipinski definition) is 1. The topological polar surface area (TPSA) is 73.3 Å². The second-order valence-corrected chi connectivity index (χ2v) is 8.65. The van der Waals surface area contributed by atoms with Crippen molar-refractivity contribution in [2.75, 3.05) is 13.2 Å². The van der Waals surface area contributed by atoms with E-state index in [1.54, 1.807) is 28.9 Å². The summed E-state index contributed by atoms with van der Waals surface area (Å²) in [7, 11) is 0. The number of thiophene rings is 1. The zero-order valence-electron chi connectivity index (χ0n) is 16.2. The molecule has 0 saturated carbocycles. The predicted octanol–water partition coefficient (Wildman–Crippen LogP) is 4.70. The second-order valence-electron chi connectivity index (χ2n) is 6.50. The van der Waals surface area contributed by atoms with Crippen LogP contribution in [-0.4, -0.2) is 29.1 Å². The van der Waals surface area contributed by atoms with Crippen molar-refractivity contribution in [2.45, 2.75) is 26.8 Å². The van der Waals surface area contributed by atoms with Crippen LogP contribution in [0.5, 0.6) is 11.6 Å². The number of nitrogens with zero attached hydrogens (tertiary/aromatic N) is 2. The lowest BCUT2D eigenvalue weighted by Crippen LogP contribution is -2.28. The van der Waals surface area contributed by atoms with Gasteiger partial charge >= 0.3 is 0 Å². The highest BCUT2D eigenvalue weighted by molar-refractivity contribution is 7.21. The third-order valence-corrected chi connectivity index (χ3v) is 6.13. The predicted molar refractivity (Wildman–Crippen MR) is 117 cm³/mol. The highest BCUT2D eigenvalue weighted by Gasteiger charge is 2.14. The number of amides is 1. The van der Waals surface area contributed by atoms with Crippen molar-refractivity contribution in [1.29, 1.82) is 0 Å². The van der Waals surface area contributed by atoms with Crippen molar-refractivity contribution in [3.63, 3.8) is 0 Å². The van der Waals surface area contributed by atoms with Crippen LogP contribution >= 0.6 is 22.7 Å². The van der Waals surface area contributed by atoms with Crippen LogP contribution in [0.25, 0.3) is 20.3 Å². The molecule has 150 valence electrons. The molecule has 4 aromatic rings. The van der Waals surface area contributed by atoms with Crippen LogP contribution in [0.2, 0.25) is 0 Å². The van der Waals surface area contributed by atoms with Gasteiger partial charge in [-0.15, -0.1) is 22.7 Å². The van der Waals surface area contributed by atoms with Crippen LogP contribution in [0.1, 0.15) is 23.9 Å². The fraction of sp³-hybridized carbons (Fsp3) is 0.286. The van der Waals surface area contributed by atoms with Gasteiger partial charge in [0.2, 0.25) is 5.88 Å². The van der Waals surface area contributed by atoms with Crippen molar-refractivity contribution in [2.24, 2.45) is 0 Å². The molecule has 1 aromatic carbocycles. The molecular weight excluding hydrogens is 406 g/mol. The van der Waals surface area contributed by atoms with E-state index < -0.39 is 0 Å². The first-order valence-electron chi connectivity index (χ1n) is 9.39. The summed E-state index contributed by atoms with van der Waals surface area (Å²) in [5.74, 6) is 1.07. The second kappa shape index (κ2) is 8.75. The molecular formula is C21H21N3O3S2. The third-order valence-electron chi connectivity index (χ3n) is 4.30. The molecule has 0 spiro atoms. The molecule has 4 rings (SSSR count). The largest absolute Gasteiger partial charge is 0.483 e. The van der Waals surface area contributed by atoms with Crippen LogP contribution in [0.3, 0.4) is 0 Å². The number of nitrogens with one attached hydrogen (secondary N) is 1.